The molecule has 1 aromatic heterocycles. The Bertz CT molecular complexity index is 870. The second-order valence-corrected chi connectivity index (χ2v) is 5.90. The lowest BCUT2D eigenvalue weighted by atomic mass is 9.83. The summed E-state index contributed by atoms with van der Waals surface area (Å²) in [4.78, 5) is 24.0. The molecule has 6 heteroatoms. The van der Waals surface area contributed by atoms with Crippen LogP contribution in [0.3, 0.4) is 0 Å². The highest BCUT2D eigenvalue weighted by Crippen LogP contribution is 2.39. The maximum atomic E-state index is 12.4. The van der Waals surface area contributed by atoms with E-state index in [2.05, 4.69) is 5.11 Å². The summed E-state index contributed by atoms with van der Waals surface area (Å²) in [6.45, 7) is 1.96. The first-order chi connectivity index (χ1) is 11.5. The van der Waals surface area contributed by atoms with Crippen LogP contribution < -0.4 is 5.43 Å². The van der Waals surface area contributed by atoms with E-state index in [1.165, 1.54) is 0 Å². The summed E-state index contributed by atoms with van der Waals surface area (Å²) in [5, 5.41) is 24.4. The van der Waals surface area contributed by atoms with Crippen LogP contribution in [-0.4, -0.2) is 27.4 Å². The Morgan fingerprint density at radius 1 is 1.48 bits per heavy atom. The van der Waals surface area contributed by atoms with Crippen LogP contribution in [0.15, 0.2) is 15.3 Å². The van der Waals surface area contributed by atoms with Crippen molar-refractivity contribution in [3.8, 4) is 5.75 Å². The van der Waals surface area contributed by atoms with E-state index in [-0.39, 0.29) is 22.5 Å². The lowest BCUT2D eigenvalue weighted by Crippen LogP contribution is -2.21. The molecule has 0 bridgehead atoms. The van der Waals surface area contributed by atoms with Crippen molar-refractivity contribution in [1.29, 1.82) is 1.43 Å². The van der Waals surface area contributed by atoms with Crippen molar-refractivity contribution in [2.24, 2.45) is 0 Å². The predicted molar refractivity (Wildman–Crippen MR) is 83.1 cm³/mol. The molecule has 3 rings (SSSR count). The standard InChI is InChI=1S/C17H18O6/c1-2-3-10-11-6-8(18)4-5-9(11)15(20)14-12(19)7-13(17(21)22)23-16(10)14/h7-8,18,20H,2-6H2,1H3,(H,21,22)/i/hD. The molecule has 1 aliphatic carbocycles. The highest BCUT2D eigenvalue weighted by molar-refractivity contribution is 5.92. The number of carbonyl (C=O) groups is 1. The number of hydrogen-bond acceptors (Lipinski definition) is 6. The number of aryl methyl sites for hydroxylation is 1. The number of aliphatic hydroxyl groups excluding tert-OH is 1. The van der Waals surface area contributed by atoms with Gasteiger partial charge in [-0.25, -0.2) is 4.79 Å². The SMILES string of the molecule is [2H]OC(=O)c1cc(=O)c2c(O)c3c(c(CCC)c2o1)CC(O)CC3. The van der Waals surface area contributed by atoms with E-state index in [9.17, 15) is 19.8 Å². The summed E-state index contributed by atoms with van der Waals surface area (Å²) >= 11 is 0. The van der Waals surface area contributed by atoms with Gasteiger partial charge in [0.25, 0.3) is 1.43 Å². The molecule has 23 heavy (non-hydrogen) atoms. The van der Waals surface area contributed by atoms with E-state index >= 15 is 0 Å². The molecule has 1 aromatic carbocycles. The minimum atomic E-state index is -1.08. The molecular weight excluding hydrogens is 300 g/mol. The average Bonchev–Trinajstić information content (AvgIpc) is 2.57. The Hall–Kier alpha value is -2.34. The Morgan fingerprint density at radius 2 is 2.26 bits per heavy atom. The number of aromatic hydroxyl groups is 1. The molecule has 0 aliphatic heterocycles. The molecule has 0 spiro atoms. The molecular formula is C17H18O6. The van der Waals surface area contributed by atoms with Crippen LogP contribution in [0.4, 0.5) is 0 Å². The zero-order valence-electron chi connectivity index (χ0n) is 13.7. The van der Waals surface area contributed by atoms with Crippen molar-refractivity contribution in [2.45, 2.75) is 45.1 Å². The number of aromatic carboxylic acids is 1. The van der Waals surface area contributed by atoms with Gasteiger partial charge in [-0.15, -0.1) is 0 Å². The fraction of sp³-hybridized carbons (Fsp3) is 0.412. The number of carboxylic acid groups (broad SMARTS) is 1. The van der Waals surface area contributed by atoms with E-state index in [0.29, 0.717) is 31.2 Å². The summed E-state index contributed by atoms with van der Waals surface area (Å²) in [7, 11) is 0. The topological polar surface area (TPSA) is 108 Å². The van der Waals surface area contributed by atoms with Gasteiger partial charge in [-0.1, -0.05) is 13.3 Å². The van der Waals surface area contributed by atoms with Crippen molar-refractivity contribution < 1.29 is 24.5 Å². The Morgan fingerprint density at radius 3 is 2.96 bits per heavy atom. The fourth-order valence-electron chi connectivity index (χ4n) is 3.32. The summed E-state index contributed by atoms with van der Waals surface area (Å²) < 4.78 is 12.2. The second-order valence-electron chi connectivity index (χ2n) is 5.90. The molecule has 0 radical (unpaired) electrons. The summed E-state index contributed by atoms with van der Waals surface area (Å²) in [5.74, 6) is -1.60. The maximum Gasteiger partial charge on any atom is 0.371 e. The van der Waals surface area contributed by atoms with Gasteiger partial charge in [-0.2, -0.15) is 0 Å². The van der Waals surface area contributed by atoms with Gasteiger partial charge in [0.15, 0.2) is 5.43 Å². The quantitative estimate of drug-likeness (QED) is 0.798. The van der Waals surface area contributed by atoms with E-state index in [4.69, 9.17) is 5.85 Å². The lowest BCUT2D eigenvalue weighted by Gasteiger charge is -2.25. The number of phenols is 1. The van der Waals surface area contributed by atoms with E-state index in [0.717, 1.165) is 23.6 Å². The molecule has 2 aromatic rings. The molecule has 0 fully saturated rings. The number of rotatable bonds is 3. The number of fused-ring (bicyclic) bond motifs is 2. The third-order valence-electron chi connectivity index (χ3n) is 4.34. The van der Waals surface area contributed by atoms with Crippen LogP contribution in [0.1, 0.15) is 47.0 Å². The highest BCUT2D eigenvalue weighted by Gasteiger charge is 2.28. The average molecular weight is 319 g/mol. The normalized spacial score (nSPS) is 17.7. The first kappa shape index (κ1) is 14.3. The third-order valence-corrected chi connectivity index (χ3v) is 4.34. The summed E-state index contributed by atoms with van der Waals surface area (Å²) in [6.07, 6.45) is 2.19. The monoisotopic (exact) mass is 319 g/mol. The van der Waals surface area contributed by atoms with Crippen molar-refractivity contribution >= 4 is 16.9 Å². The van der Waals surface area contributed by atoms with E-state index in [1.807, 2.05) is 6.92 Å². The Labute approximate surface area is 133 Å². The number of phenolic OH excluding ortho intramolecular Hbond substituents is 1. The van der Waals surface area contributed by atoms with Gasteiger partial charge in [0.05, 0.1) is 6.10 Å². The summed E-state index contributed by atoms with van der Waals surface area (Å²) in [6, 6.07) is 0.929. The minimum absolute atomic E-state index is 0.0371. The number of benzene rings is 1. The zero-order chi connectivity index (χ0) is 17.4. The molecule has 6 nitrogen and oxygen atoms in total. The molecule has 1 atom stereocenters. The molecule has 0 amide bonds. The van der Waals surface area contributed by atoms with Gasteiger partial charge < -0.3 is 19.7 Å². The van der Waals surface area contributed by atoms with Crippen LogP contribution in [0.5, 0.6) is 5.75 Å². The van der Waals surface area contributed by atoms with Gasteiger partial charge in [-0.3, -0.25) is 4.79 Å². The van der Waals surface area contributed by atoms with Gasteiger partial charge in [-0.05, 0) is 42.4 Å². The minimum Gasteiger partial charge on any atom is -0.507 e. The molecule has 122 valence electrons. The molecule has 3 N–H and O–H groups in total. The van der Waals surface area contributed by atoms with Crippen molar-refractivity contribution in [3.05, 3.63) is 38.7 Å². The van der Waals surface area contributed by atoms with E-state index in [1.54, 1.807) is 0 Å². The lowest BCUT2D eigenvalue weighted by molar-refractivity contribution is 0.0662. The maximum absolute atomic E-state index is 12.4. The first-order valence-corrected chi connectivity index (χ1v) is 7.66. The van der Waals surface area contributed by atoms with Gasteiger partial charge in [0.1, 0.15) is 16.7 Å². The first-order valence-electron chi connectivity index (χ1n) is 8.07. The largest absolute Gasteiger partial charge is 0.507 e. The van der Waals surface area contributed by atoms with Crippen molar-refractivity contribution in [3.63, 3.8) is 0 Å². The van der Waals surface area contributed by atoms with Crippen molar-refractivity contribution in [1.82, 2.24) is 0 Å². The zero-order valence-corrected chi connectivity index (χ0v) is 12.7. The van der Waals surface area contributed by atoms with Gasteiger partial charge in [0.2, 0.25) is 5.76 Å². The molecule has 1 unspecified atom stereocenters. The van der Waals surface area contributed by atoms with Gasteiger partial charge >= 0.3 is 5.97 Å². The summed E-state index contributed by atoms with van der Waals surface area (Å²) in [5.41, 5.74) is 1.74. The van der Waals surface area contributed by atoms with Crippen LogP contribution in [0.2, 0.25) is 0 Å². The smallest absolute Gasteiger partial charge is 0.371 e. The third kappa shape index (κ3) is 2.49. The second kappa shape index (κ2) is 5.70. The van der Waals surface area contributed by atoms with Crippen LogP contribution in [0.25, 0.3) is 12.4 Å². The molecule has 0 saturated heterocycles. The highest BCUT2D eigenvalue weighted by atomic mass is 16.4. The van der Waals surface area contributed by atoms with Crippen LogP contribution >= 0.6 is 0 Å². The number of hydrogen-bond donors (Lipinski definition) is 3. The Balaban J connectivity index is 2.40. The van der Waals surface area contributed by atoms with Crippen LogP contribution in [-0.2, 0) is 19.3 Å². The predicted octanol–water partition coefficient (Wildman–Crippen LogP) is 2.00. The Kier molecular flexibility index (Phi) is 3.53. The van der Waals surface area contributed by atoms with Crippen molar-refractivity contribution in [2.75, 3.05) is 0 Å². The van der Waals surface area contributed by atoms with Crippen LogP contribution in [0, 0.1) is 0 Å². The molecule has 0 saturated carbocycles. The molecule has 1 aliphatic rings. The van der Waals surface area contributed by atoms with E-state index < -0.39 is 17.5 Å². The number of aliphatic hydroxyl groups is 1. The number of carboxylic acids is 1. The fourth-order valence-corrected chi connectivity index (χ4v) is 3.32. The molecule has 1 heterocycles. The van der Waals surface area contributed by atoms with Gasteiger partial charge in [0, 0.05) is 6.07 Å².